The highest BCUT2D eigenvalue weighted by molar-refractivity contribution is 5.81. The number of fused-ring (bicyclic) bond motifs is 1. The van der Waals surface area contributed by atoms with Crippen LogP contribution in [0.2, 0.25) is 0 Å². The van der Waals surface area contributed by atoms with Gasteiger partial charge in [0.2, 0.25) is 5.91 Å². The quantitative estimate of drug-likeness (QED) is 0.885. The van der Waals surface area contributed by atoms with Crippen molar-refractivity contribution in [3.63, 3.8) is 0 Å². The molecule has 1 atom stereocenters. The van der Waals surface area contributed by atoms with Crippen LogP contribution in [0.5, 0.6) is 0 Å². The normalized spacial score (nSPS) is 27.0. The monoisotopic (exact) mass is 370 g/mol. The summed E-state index contributed by atoms with van der Waals surface area (Å²) < 4.78 is 0. The summed E-state index contributed by atoms with van der Waals surface area (Å²) in [7, 11) is 0. The van der Waals surface area contributed by atoms with Crippen LogP contribution in [0.15, 0.2) is 4.79 Å². The molecule has 4 aliphatic rings. The van der Waals surface area contributed by atoms with Crippen molar-refractivity contribution in [3.05, 3.63) is 27.4 Å². The average molecular weight is 370 g/mol. The summed E-state index contributed by atoms with van der Waals surface area (Å²) >= 11 is 0. The van der Waals surface area contributed by atoms with Crippen LogP contribution in [0, 0.1) is 5.92 Å². The summed E-state index contributed by atoms with van der Waals surface area (Å²) in [6.07, 6.45) is 10.4. The lowest BCUT2D eigenvalue weighted by molar-refractivity contribution is -0.131. The number of hydrogen-bond donors (Lipinski definition) is 1. The Balaban J connectivity index is 1.33. The first kappa shape index (κ1) is 17.4. The van der Waals surface area contributed by atoms with Gasteiger partial charge in [0.1, 0.15) is 5.82 Å². The Hall–Kier alpha value is -1.69. The highest BCUT2D eigenvalue weighted by Crippen LogP contribution is 2.34. The molecule has 1 amide bonds. The van der Waals surface area contributed by atoms with E-state index in [9.17, 15) is 9.59 Å². The minimum absolute atomic E-state index is 0.0465. The van der Waals surface area contributed by atoms with E-state index in [1.807, 2.05) is 4.90 Å². The van der Waals surface area contributed by atoms with E-state index in [1.54, 1.807) is 0 Å². The fourth-order valence-corrected chi connectivity index (χ4v) is 5.20. The molecule has 1 aromatic heterocycles. The molecule has 6 nitrogen and oxygen atoms in total. The number of H-pyrrole nitrogens is 1. The van der Waals surface area contributed by atoms with Gasteiger partial charge < -0.3 is 9.88 Å². The van der Waals surface area contributed by atoms with E-state index < -0.39 is 0 Å². The molecule has 2 saturated carbocycles. The van der Waals surface area contributed by atoms with Crippen LogP contribution < -0.4 is 5.56 Å². The van der Waals surface area contributed by atoms with Gasteiger partial charge in [0, 0.05) is 49.6 Å². The third-order valence-electron chi connectivity index (χ3n) is 7.03. The Morgan fingerprint density at radius 1 is 1.04 bits per heavy atom. The van der Waals surface area contributed by atoms with Gasteiger partial charge in [-0.15, -0.1) is 0 Å². The zero-order chi connectivity index (χ0) is 18.4. The predicted octanol–water partition coefficient (Wildman–Crippen LogP) is 2.19. The molecule has 5 rings (SSSR count). The van der Waals surface area contributed by atoms with Crippen molar-refractivity contribution in [2.45, 2.75) is 76.3 Å². The van der Waals surface area contributed by atoms with E-state index in [2.05, 4.69) is 9.88 Å². The second-order valence-corrected chi connectivity index (χ2v) is 8.93. The summed E-state index contributed by atoms with van der Waals surface area (Å²) in [5, 5.41) is 0. The van der Waals surface area contributed by atoms with E-state index in [0.717, 1.165) is 62.4 Å². The predicted molar refractivity (Wildman–Crippen MR) is 103 cm³/mol. The Morgan fingerprint density at radius 2 is 1.85 bits per heavy atom. The van der Waals surface area contributed by atoms with Crippen molar-refractivity contribution in [2.24, 2.45) is 5.92 Å². The molecule has 1 aromatic rings. The van der Waals surface area contributed by atoms with Crippen molar-refractivity contribution < 1.29 is 4.79 Å². The summed E-state index contributed by atoms with van der Waals surface area (Å²) in [5.41, 5.74) is 1.91. The second-order valence-electron chi connectivity index (χ2n) is 8.93. The van der Waals surface area contributed by atoms with E-state index >= 15 is 0 Å². The number of aromatic nitrogens is 2. The first-order valence-corrected chi connectivity index (χ1v) is 10.8. The van der Waals surface area contributed by atoms with Crippen molar-refractivity contribution in [1.82, 2.24) is 19.8 Å². The van der Waals surface area contributed by atoms with Gasteiger partial charge in [-0.25, -0.2) is 4.98 Å². The van der Waals surface area contributed by atoms with Crippen LogP contribution in [-0.4, -0.2) is 51.4 Å². The number of nitrogens with one attached hydrogen (secondary N) is 1. The molecular formula is C21H30N4O2. The maximum absolute atomic E-state index is 12.7. The first-order chi connectivity index (χ1) is 13.2. The van der Waals surface area contributed by atoms with Gasteiger partial charge in [0.05, 0.1) is 5.69 Å². The Bertz CT molecular complexity index is 779. The Kier molecular flexibility index (Phi) is 4.54. The minimum atomic E-state index is 0.0465. The third-order valence-corrected chi connectivity index (χ3v) is 7.03. The molecule has 0 aromatic carbocycles. The van der Waals surface area contributed by atoms with Crippen LogP contribution in [0.4, 0.5) is 0 Å². The molecule has 1 saturated heterocycles. The van der Waals surface area contributed by atoms with Crippen LogP contribution in [0.1, 0.15) is 74.4 Å². The van der Waals surface area contributed by atoms with Crippen molar-refractivity contribution in [2.75, 3.05) is 19.6 Å². The summed E-state index contributed by atoms with van der Waals surface area (Å²) in [5.74, 6) is 1.55. The van der Waals surface area contributed by atoms with Crippen LogP contribution in [0.25, 0.3) is 0 Å². The maximum Gasteiger partial charge on any atom is 0.254 e. The Morgan fingerprint density at radius 3 is 2.63 bits per heavy atom. The van der Waals surface area contributed by atoms with Gasteiger partial charge in [-0.2, -0.15) is 0 Å². The maximum atomic E-state index is 12.7. The highest BCUT2D eigenvalue weighted by atomic mass is 16.2. The number of nitrogens with zero attached hydrogens (tertiary/aromatic N) is 3. The first-order valence-electron chi connectivity index (χ1n) is 10.8. The molecule has 1 unspecified atom stereocenters. The molecule has 0 spiro atoms. The third kappa shape index (κ3) is 3.44. The lowest BCUT2D eigenvalue weighted by atomic mass is 9.92. The smallest absolute Gasteiger partial charge is 0.254 e. The summed E-state index contributed by atoms with van der Waals surface area (Å²) in [4.78, 5) is 37.5. The van der Waals surface area contributed by atoms with Crippen LogP contribution in [-0.2, 0) is 17.8 Å². The molecule has 27 heavy (non-hydrogen) atoms. The minimum Gasteiger partial charge on any atom is -0.342 e. The topological polar surface area (TPSA) is 69.3 Å². The van der Waals surface area contributed by atoms with Crippen LogP contribution in [0.3, 0.4) is 0 Å². The fourth-order valence-electron chi connectivity index (χ4n) is 5.20. The van der Waals surface area contributed by atoms with Crippen molar-refractivity contribution >= 4 is 5.91 Å². The molecule has 2 aliphatic carbocycles. The number of likely N-dealkylation sites (tertiary alicyclic amines) is 1. The Labute approximate surface area is 160 Å². The van der Waals surface area contributed by atoms with Gasteiger partial charge in [0.25, 0.3) is 5.56 Å². The lowest BCUT2D eigenvalue weighted by Gasteiger charge is -2.37. The zero-order valence-electron chi connectivity index (χ0n) is 16.1. The molecule has 0 bridgehead atoms. The van der Waals surface area contributed by atoms with E-state index in [-0.39, 0.29) is 17.4 Å². The number of hydrogen-bond acceptors (Lipinski definition) is 4. The second kappa shape index (κ2) is 7.04. The molecule has 146 valence electrons. The molecular weight excluding hydrogens is 340 g/mol. The van der Waals surface area contributed by atoms with E-state index in [0.29, 0.717) is 18.5 Å². The number of aromatic amines is 1. The summed E-state index contributed by atoms with van der Waals surface area (Å²) in [6, 6.07) is 0.662. The standard InChI is InChI=1S/C21H30N4O2/c26-20-17-9-11-24(16-4-2-1-3-5-16)13-18(17)22-19(23-20)15-8-10-25(12-15)21(27)14-6-7-14/h14-16H,1-13H2,(H,22,23,26). The number of amides is 1. The molecule has 3 heterocycles. The molecule has 3 fully saturated rings. The molecule has 6 heteroatoms. The van der Waals surface area contributed by atoms with Crippen molar-refractivity contribution in [3.8, 4) is 0 Å². The molecule has 0 radical (unpaired) electrons. The highest BCUT2D eigenvalue weighted by Gasteiger charge is 2.38. The van der Waals surface area contributed by atoms with E-state index in [1.165, 1.54) is 32.1 Å². The number of carbonyl (C=O) groups is 1. The molecule has 1 N–H and O–H groups in total. The fraction of sp³-hybridized carbons (Fsp3) is 0.762. The summed E-state index contributed by atoms with van der Waals surface area (Å²) in [6.45, 7) is 3.31. The van der Waals surface area contributed by atoms with E-state index in [4.69, 9.17) is 4.98 Å². The van der Waals surface area contributed by atoms with Gasteiger partial charge in [0.15, 0.2) is 0 Å². The van der Waals surface area contributed by atoms with Gasteiger partial charge in [-0.05, 0) is 38.5 Å². The van der Waals surface area contributed by atoms with Gasteiger partial charge >= 0.3 is 0 Å². The number of carbonyl (C=O) groups excluding carboxylic acids is 1. The van der Waals surface area contributed by atoms with Crippen LogP contribution >= 0.6 is 0 Å². The van der Waals surface area contributed by atoms with Gasteiger partial charge in [-0.1, -0.05) is 19.3 Å². The van der Waals surface area contributed by atoms with Crippen molar-refractivity contribution in [1.29, 1.82) is 0 Å². The van der Waals surface area contributed by atoms with Gasteiger partial charge in [-0.3, -0.25) is 14.5 Å². The zero-order valence-corrected chi connectivity index (χ0v) is 16.1. The average Bonchev–Trinajstić information content (AvgIpc) is 3.44. The largest absolute Gasteiger partial charge is 0.342 e. The lowest BCUT2D eigenvalue weighted by Crippen LogP contribution is -2.42. The SMILES string of the molecule is O=C(C1CC1)N1CCC(c2nc3c(c(=O)[nH]2)CCN(C2CCCCC2)C3)C1. The number of rotatable bonds is 3. The molecule has 2 aliphatic heterocycles.